The van der Waals surface area contributed by atoms with Crippen molar-refractivity contribution in [2.75, 3.05) is 0 Å². The Labute approximate surface area is 86.3 Å². The van der Waals surface area contributed by atoms with Crippen molar-refractivity contribution in [1.82, 2.24) is 0 Å². The van der Waals surface area contributed by atoms with Crippen LogP contribution in [0, 0.1) is 5.92 Å². The zero-order valence-corrected chi connectivity index (χ0v) is 8.65. The Balaban J connectivity index is 2.03. The first-order valence-electron chi connectivity index (χ1n) is 5.68. The topological polar surface area (TPSA) is 26.0 Å². The predicted molar refractivity (Wildman–Crippen MR) is 59.9 cm³/mol. The van der Waals surface area contributed by atoms with Gasteiger partial charge in [0.1, 0.15) is 0 Å². The van der Waals surface area contributed by atoms with E-state index < -0.39 is 0 Å². The predicted octanol–water partition coefficient (Wildman–Crippen LogP) is 3.27. The lowest BCUT2D eigenvalue weighted by atomic mass is 9.82. The van der Waals surface area contributed by atoms with Crippen LogP contribution in [-0.4, -0.2) is 0 Å². The Kier molecular flexibility index (Phi) is 3.20. The van der Waals surface area contributed by atoms with E-state index >= 15 is 0 Å². The third kappa shape index (κ3) is 2.16. The van der Waals surface area contributed by atoms with Crippen LogP contribution >= 0.6 is 0 Å². The van der Waals surface area contributed by atoms with Crippen molar-refractivity contribution >= 4 is 0 Å². The highest BCUT2D eigenvalue weighted by Gasteiger charge is 2.21. The van der Waals surface area contributed by atoms with Crippen molar-refractivity contribution < 1.29 is 0 Å². The van der Waals surface area contributed by atoms with Crippen LogP contribution in [0.25, 0.3) is 0 Å². The molecule has 0 radical (unpaired) electrons. The maximum atomic E-state index is 6.27. The summed E-state index contributed by atoms with van der Waals surface area (Å²) in [6, 6.07) is 10.8. The van der Waals surface area contributed by atoms with Gasteiger partial charge in [-0.25, -0.2) is 0 Å². The number of hydrogen-bond donors (Lipinski definition) is 1. The van der Waals surface area contributed by atoms with Gasteiger partial charge >= 0.3 is 0 Å². The van der Waals surface area contributed by atoms with Crippen molar-refractivity contribution in [3.8, 4) is 0 Å². The fraction of sp³-hybridized carbons (Fsp3) is 0.538. The van der Waals surface area contributed by atoms with Gasteiger partial charge in [-0.05, 0) is 24.3 Å². The lowest BCUT2D eigenvalue weighted by Crippen LogP contribution is -2.23. The van der Waals surface area contributed by atoms with E-state index in [9.17, 15) is 0 Å². The summed E-state index contributed by atoms with van der Waals surface area (Å²) in [5.41, 5.74) is 7.57. The minimum atomic E-state index is 0.261. The first-order valence-corrected chi connectivity index (χ1v) is 5.68. The van der Waals surface area contributed by atoms with Crippen LogP contribution < -0.4 is 5.73 Å². The van der Waals surface area contributed by atoms with Gasteiger partial charge in [0, 0.05) is 6.04 Å². The maximum Gasteiger partial charge on any atom is 0.0323 e. The molecule has 1 nitrogen and oxygen atoms in total. The molecular weight excluding hydrogens is 170 g/mol. The minimum absolute atomic E-state index is 0.261. The van der Waals surface area contributed by atoms with E-state index in [4.69, 9.17) is 5.73 Å². The second-order valence-electron chi connectivity index (χ2n) is 4.33. The van der Waals surface area contributed by atoms with Gasteiger partial charge in [-0.2, -0.15) is 0 Å². The Morgan fingerprint density at radius 3 is 2.29 bits per heavy atom. The highest BCUT2D eigenvalue weighted by Crippen LogP contribution is 2.32. The van der Waals surface area contributed by atoms with Crippen molar-refractivity contribution in [2.45, 2.75) is 38.1 Å². The van der Waals surface area contributed by atoms with E-state index in [0.29, 0.717) is 5.92 Å². The van der Waals surface area contributed by atoms with E-state index in [1.54, 1.807) is 0 Å². The summed E-state index contributed by atoms with van der Waals surface area (Å²) in [5.74, 6) is 0.714. The molecule has 0 spiro atoms. The van der Waals surface area contributed by atoms with Gasteiger partial charge in [0.25, 0.3) is 0 Å². The molecule has 2 rings (SSSR count). The van der Waals surface area contributed by atoms with Gasteiger partial charge < -0.3 is 5.73 Å². The van der Waals surface area contributed by atoms with Crippen molar-refractivity contribution in [2.24, 2.45) is 11.7 Å². The first-order chi connectivity index (χ1) is 6.88. The molecular formula is C13H19N. The molecule has 1 atom stereocenters. The van der Waals surface area contributed by atoms with Crippen molar-refractivity contribution in [3.63, 3.8) is 0 Å². The van der Waals surface area contributed by atoms with Gasteiger partial charge in [-0.1, -0.05) is 49.6 Å². The Bertz CT molecular complexity index is 262. The van der Waals surface area contributed by atoms with E-state index in [1.807, 2.05) is 0 Å². The summed E-state index contributed by atoms with van der Waals surface area (Å²) in [5, 5.41) is 0. The van der Waals surface area contributed by atoms with E-state index in [-0.39, 0.29) is 6.04 Å². The van der Waals surface area contributed by atoms with Crippen LogP contribution in [0.1, 0.15) is 43.7 Å². The highest BCUT2D eigenvalue weighted by molar-refractivity contribution is 5.19. The number of rotatable bonds is 2. The van der Waals surface area contributed by atoms with Crippen LogP contribution in [0.3, 0.4) is 0 Å². The molecule has 0 aromatic heterocycles. The van der Waals surface area contributed by atoms with E-state index in [1.165, 1.54) is 37.7 Å². The second-order valence-corrected chi connectivity index (χ2v) is 4.33. The fourth-order valence-corrected chi connectivity index (χ4v) is 2.44. The summed E-state index contributed by atoms with van der Waals surface area (Å²) in [7, 11) is 0. The van der Waals surface area contributed by atoms with Crippen molar-refractivity contribution in [3.05, 3.63) is 35.9 Å². The molecule has 76 valence electrons. The Morgan fingerprint density at radius 2 is 1.64 bits per heavy atom. The molecule has 0 bridgehead atoms. The monoisotopic (exact) mass is 189 g/mol. The molecule has 1 aromatic rings. The Morgan fingerprint density at radius 1 is 1.00 bits per heavy atom. The zero-order valence-electron chi connectivity index (χ0n) is 8.65. The summed E-state index contributed by atoms with van der Waals surface area (Å²) in [4.78, 5) is 0. The normalized spacial score (nSPS) is 20.6. The molecule has 1 aliphatic carbocycles. The average Bonchev–Trinajstić information content (AvgIpc) is 2.30. The van der Waals surface area contributed by atoms with Crippen LogP contribution in [0.2, 0.25) is 0 Å². The fourth-order valence-electron chi connectivity index (χ4n) is 2.44. The average molecular weight is 189 g/mol. The quantitative estimate of drug-likeness (QED) is 0.759. The van der Waals surface area contributed by atoms with Crippen LogP contribution in [0.15, 0.2) is 30.3 Å². The molecule has 1 aliphatic rings. The van der Waals surface area contributed by atoms with Crippen LogP contribution in [0.5, 0.6) is 0 Å². The van der Waals surface area contributed by atoms with Gasteiger partial charge in [0.05, 0.1) is 0 Å². The van der Waals surface area contributed by atoms with Gasteiger partial charge in [0.15, 0.2) is 0 Å². The second kappa shape index (κ2) is 4.61. The largest absolute Gasteiger partial charge is 0.324 e. The molecule has 1 aromatic carbocycles. The molecule has 0 amide bonds. The third-order valence-electron chi connectivity index (χ3n) is 3.34. The Hall–Kier alpha value is -0.820. The van der Waals surface area contributed by atoms with Crippen LogP contribution in [-0.2, 0) is 0 Å². The van der Waals surface area contributed by atoms with E-state index in [2.05, 4.69) is 30.3 Å². The standard InChI is InChI=1S/C13H19N/c14-13(11-7-3-1-4-8-11)12-9-5-2-6-10-12/h1,3-4,7-8,12-13H,2,5-6,9-10,14H2/t13-/m0/s1. The molecule has 14 heavy (non-hydrogen) atoms. The lowest BCUT2D eigenvalue weighted by Gasteiger charge is -2.27. The van der Waals surface area contributed by atoms with Gasteiger partial charge in [0.2, 0.25) is 0 Å². The molecule has 1 heteroatoms. The summed E-state index contributed by atoms with van der Waals surface area (Å²) >= 11 is 0. The molecule has 1 fully saturated rings. The molecule has 1 saturated carbocycles. The van der Waals surface area contributed by atoms with E-state index in [0.717, 1.165) is 0 Å². The van der Waals surface area contributed by atoms with Crippen molar-refractivity contribution in [1.29, 1.82) is 0 Å². The lowest BCUT2D eigenvalue weighted by molar-refractivity contribution is 0.308. The maximum absolute atomic E-state index is 6.27. The number of benzene rings is 1. The molecule has 0 unspecified atom stereocenters. The molecule has 0 aliphatic heterocycles. The molecule has 0 saturated heterocycles. The molecule has 0 heterocycles. The summed E-state index contributed by atoms with van der Waals surface area (Å²) in [6.45, 7) is 0. The first kappa shape index (κ1) is 9.72. The number of nitrogens with two attached hydrogens (primary N) is 1. The smallest absolute Gasteiger partial charge is 0.0323 e. The third-order valence-corrected chi connectivity index (χ3v) is 3.34. The summed E-state index contributed by atoms with van der Waals surface area (Å²) in [6.07, 6.45) is 6.76. The highest BCUT2D eigenvalue weighted by atomic mass is 14.7. The molecule has 2 N–H and O–H groups in total. The SMILES string of the molecule is N[C@@H](c1ccccc1)C1CCCCC1. The van der Waals surface area contributed by atoms with Gasteiger partial charge in [-0.15, -0.1) is 0 Å². The van der Waals surface area contributed by atoms with Crippen LogP contribution in [0.4, 0.5) is 0 Å². The summed E-state index contributed by atoms with van der Waals surface area (Å²) < 4.78 is 0. The number of hydrogen-bond acceptors (Lipinski definition) is 1. The zero-order chi connectivity index (χ0) is 9.80. The van der Waals surface area contributed by atoms with Gasteiger partial charge in [-0.3, -0.25) is 0 Å². The minimum Gasteiger partial charge on any atom is -0.324 e.